The number of carbonyl (C=O) groups is 1. The Morgan fingerprint density at radius 3 is 2.82 bits per heavy atom. The minimum Gasteiger partial charge on any atom is -0.481 e. The third-order valence-electron chi connectivity index (χ3n) is 5.41. The summed E-state index contributed by atoms with van der Waals surface area (Å²) in [6, 6.07) is 6.14. The summed E-state index contributed by atoms with van der Waals surface area (Å²) >= 11 is 0. The van der Waals surface area contributed by atoms with Crippen molar-refractivity contribution in [2.75, 3.05) is 6.61 Å². The topological polar surface area (TPSA) is 62.3 Å². The van der Waals surface area contributed by atoms with Gasteiger partial charge >= 0.3 is 5.97 Å². The molecular weight excluding hydrogens is 278 g/mol. The van der Waals surface area contributed by atoms with Crippen molar-refractivity contribution in [1.82, 2.24) is 4.98 Å². The largest absolute Gasteiger partial charge is 0.481 e. The molecule has 2 heterocycles. The van der Waals surface area contributed by atoms with E-state index in [4.69, 9.17) is 4.74 Å². The molecule has 0 spiro atoms. The summed E-state index contributed by atoms with van der Waals surface area (Å²) in [7, 11) is 0. The highest BCUT2D eigenvalue weighted by molar-refractivity contribution is 5.89. The molecule has 1 aliphatic carbocycles. The summed E-state index contributed by atoms with van der Waals surface area (Å²) in [5, 5.41) is 11.0. The molecule has 1 aromatic heterocycles. The number of hydrogen-bond donors (Lipinski definition) is 2. The molecule has 2 aromatic rings. The Labute approximate surface area is 129 Å². The molecular formula is C18H21NO3. The first-order chi connectivity index (χ1) is 10.7. The molecule has 0 unspecified atom stereocenters. The zero-order valence-electron chi connectivity index (χ0n) is 12.7. The third kappa shape index (κ3) is 1.97. The molecule has 0 saturated heterocycles. The molecule has 4 rings (SSSR count). The summed E-state index contributed by atoms with van der Waals surface area (Å²) in [5.41, 5.74) is 3.80. The van der Waals surface area contributed by atoms with Crippen LogP contribution in [0.5, 0.6) is 0 Å². The number of carboxylic acid groups (broad SMARTS) is 1. The van der Waals surface area contributed by atoms with Gasteiger partial charge in [0.25, 0.3) is 0 Å². The Hall–Kier alpha value is -1.81. The van der Waals surface area contributed by atoms with Crippen molar-refractivity contribution in [3.63, 3.8) is 0 Å². The number of ether oxygens (including phenoxy) is 1. The molecule has 0 amide bonds. The standard InChI is InChI=1S/C18H21NO3/c20-17(21)18(7-2-1-3-8-18)12-4-5-15-13(10-12)14-11-22-9-6-16(14)19-15/h4-5,10,19H,1-3,6-9,11H2,(H,20,21). The van der Waals surface area contributed by atoms with E-state index in [0.29, 0.717) is 6.61 Å². The lowest BCUT2D eigenvalue weighted by Crippen LogP contribution is -2.37. The molecule has 2 aliphatic rings. The number of hydrogen-bond acceptors (Lipinski definition) is 2. The number of H-pyrrole nitrogens is 1. The summed E-state index contributed by atoms with van der Waals surface area (Å²) in [6.07, 6.45) is 5.54. The maximum Gasteiger partial charge on any atom is 0.314 e. The van der Waals surface area contributed by atoms with Crippen molar-refractivity contribution in [2.24, 2.45) is 0 Å². The predicted molar refractivity (Wildman–Crippen MR) is 84.1 cm³/mol. The second kappa shape index (κ2) is 5.13. The summed E-state index contributed by atoms with van der Waals surface area (Å²) in [4.78, 5) is 15.5. The van der Waals surface area contributed by atoms with Crippen molar-refractivity contribution in [3.05, 3.63) is 35.0 Å². The van der Waals surface area contributed by atoms with Crippen LogP contribution >= 0.6 is 0 Å². The van der Waals surface area contributed by atoms with E-state index in [1.807, 2.05) is 12.1 Å². The van der Waals surface area contributed by atoms with Gasteiger partial charge in [0, 0.05) is 28.6 Å². The van der Waals surface area contributed by atoms with E-state index in [2.05, 4.69) is 11.1 Å². The van der Waals surface area contributed by atoms with Crippen LogP contribution in [0.1, 0.15) is 48.9 Å². The lowest BCUT2D eigenvalue weighted by molar-refractivity contribution is -0.145. The van der Waals surface area contributed by atoms with Crippen LogP contribution < -0.4 is 0 Å². The molecule has 0 radical (unpaired) electrons. The first-order valence-electron chi connectivity index (χ1n) is 8.16. The number of fused-ring (bicyclic) bond motifs is 3. The van der Waals surface area contributed by atoms with Crippen molar-refractivity contribution in [2.45, 2.75) is 50.5 Å². The van der Waals surface area contributed by atoms with Gasteiger partial charge in [0.1, 0.15) is 0 Å². The van der Waals surface area contributed by atoms with Crippen molar-refractivity contribution < 1.29 is 14.6 Å². The molecule has 4 heteroatoms. The van der Waals surface area contributed by atoms with Gasteiger partial charge in [0.2, 0.25) is 0 Å². The van der Waals surface area contributed by atoms with Crippen LogP contribution in [-0.4, -0.2) is 22.7 Å². The smallest absolute Gasteiger partial charge is 0.314 e. The van der Waals surface area contributed by atoms with Gasteiger partial charge < -0.3 is 14.8 Å². The molecule has 2 N–H and O–H groups in total. The molecule has 22 heavy (non-hydrogen) atoms. The lowest BCUT2D eigenvalue weighted by Gasteiger charge is -2.33. The molecule has 1 saturated carbocycles. The Balaban J connectivity index is 1.86. The average Bonchev–Trinajstić information content (AvgIpc) is 2.93. The van der Waals surface area contributed by atoms with E-state index >= 15 is 0 Å². The SMILES string of the molecule is O=C(O)C1(c2ccc3[nH]c4c(c3c2)COCC4)CCCCC1. The normalized spacial score (nSPS) is 20.7. The minimum absolute atomic E-state index is 0.624. The zero-order chi connectivity index (χ0) is 15.2. The Bertz CT molecular complexity index is 725. The highest BCUT2D eigenvalue weighted by Crippen LogP contribution is 2.41. The summed E-state index contributed by atoms with van der Waals surface area (Å²) in [6.45, 7) is 1.38. The number of aromatic amines is 1. The molecule has 0 atom stereocenters. The maximum absolute atomic E-state index is 12.0. The van der Waals surface area contributed by atoms with Crippen molar-refractivity contribution in [3.8, 4) is 0 Å². The van der Waals surface area contributed by atoms with Crippen LogP contribution in [0, 0.1) is 0 Å². The van der Waals surface area contributed by atoms with Gasteiger partial charge in [0.05, 0.1) is 18.6 Å². The monoisotopic (exact) mass is 299 g/mol. The number of nitrogens with one attached hydrogen (secondary N) is 1. The van der Waals surface area contributed by atoms with E-state index in [0.717, 1.165) is 61.6 Å². The highest BCUT2D eigenvalue weighted by Gasteiger charge is 2.41. The number of rotatable bonds is 2. The van der Waals surface area contributed by atoms with Gasteiger partial charge in [0.15, 0.2) is 0 Å². The van der Waals surface area contributed by atoms with Gasteiger partial charge in [-0.15, -0.1) is 0 Å². The zero-order valence-corrected chi connectivity index (χ0v) is 12.7. The Morgan fingerprint density at radius 1 is 1.23 bits per heavy atom. The highest BCUT2D eigenvalue weighted by atomic mass is 16.5. The van der Waals surface area contributed by atoms with Crippen LogP contribution in [0.3, 0.4) is 0 Å². The molecule has 1 aromatic carbocycles. The predicted octanol–water partition coefficient (Wildman–Crippen LogP) is 3.53. The molecule has 1 aliphatic heterocycles. The summed E-state index contributed by atoms with van der Waals surface area (Å²) in [5.74, 6) is -0.674. The lowest BCUT2D eigenvalue weighted by atomic mass is 9.69. The van der Waals surface area contributed by atoms with Crippen LogP contribution in [0.25, 0.3) is 10.9 Å². The van der Waals surface area contributed by atoms with E-state index in [-0.39, 0.29) is 0 Å². The third-order valence-corrected chi connectivity index (χ3v) is 5.41. The fraction of sp³-hybridized carbons (Fsp3) is 0.500. The fourth-order valence-electron chi connectivity index (χ4n) is 4.11. The Morgan fingerprint density at radius 2 is 2.05 bits per heavy atom. The van der Waals surface area contributed by atoms with Crippen LogP contribution in [-0.2, 0) is 28.0 Å². The maximum atomic E-state index is 12.0. The number of benzene rings is 1. The molecule has 1 fully saturated rings. The number of aromatic nitrogens is 1. The second-order valence-electron chi connectivity index (χ2n) is 6.59. The van der Waals surface area contributed by atoms with Crippen LogP contribution in [0.15, 0.2) is 18.2 Å². The minimum atomic E-state index is -0.702. The van der Waals surface area contributed by atoms with Crippen LogP contribution in [0.4, 0.5) is 0 Å². The van der Waals surface area contributed by atoms with Crippen LogP contribution in [0.2, 0.25) is 0 Å². The van der Waals surface area contributed by atoms with E-state index in [1.165, 1.54) is 11.3 Å². The van der Waals surface area contributed by atoms with Gasteiger partial charge in [-0.3, -0.25) is 4.79 Å². The average molecular weight is 299 g/mol. The number of carboxylic acids is 1. The van der Waals surface area contributed by atoms with E-state index < -0.39 is 11.4 Å². The van der Waals surface area contributed by atoms with Crippen molar-refractivity contribution in [1.29, 1.82) is 0 Å². The van der Waals surface area contributed by atoms with Gasteiger partial charge in [-0.2, -0.15) is 0 Å². The van der Waals surface area contributed by atoms with E-state index in [1.54, 1.807) is 0 Å². The summed E-state index contributed by atoms with van der Waals surface area (Å²) < 4.78 is 5.58. The first-order valence-corrected chi connectivity index (χ1v) is 8.16. The first kappa shape index (κ1) is 13.8. The van der Waals surface area contributed by atoms with E-state index in [9.17, 15) is 9.90 Å². The van der Waals surface area contributed by atoms with Crippen molar-refractivity contribution >= 4 is 16.9 Å². The van der Waals surface area contributed by atoms with Gasteiger partial charge in [-0.1, -0.05) is 25.3 Å². The molecule has 4 nitrogen and oxygen atoms in total. The van der Waals surface area contributed by atoms with Gasteiger partial charge in [-0.05, 0) is 30.5 Å². The fourth-order valence-corrected chi connectivity index (χ4v) is 4.11. The number of aliphatic carboxylic acids is 1. The molecule has 0 bridgehead atoms. The second-order valence-corrected chi connectivity index (χ2v) is 6.59. The Kier molecular flexibility index (Phi) is 3.22. The molecule has 116 valence electrons. The quantitative estimate of drug-likeness (QED) is 0.891. The van der Waals surface area contributed by atoms with Gasteiger partial charge in [-0.25, -0.2) is 0 Å².